The van der Waals surface area contributed by atoms with Gasteiger partial charge in [-0.1, -0.05) is 19.3 Å². The van der Waals surface area contributed by atoms with Crippen molar-refractivity contribution in [2.75, 3.05) is 23.8 Å². The first-order chi connectivity index (χ1) is 10.2. The zero-order valence-electron chi connectivity index (χ0n) is 13.0. The summed E-state index contributed by atoms with van der Waals surface area (Å²) < 4.78 is 5.06. The van der Waals surface area contributed by atoms with Crippen LogP contribution < -0.4 is 10.6 Å². The first kappa shape index (κ1) is 15.6. The molecule has 2 rings (SSSR count). The second-order valence-corrected chi connectivity index (χ2v) is 5.39. The summed E-state index contributed by atoms with van der Waals surface area (Å²) in [4.78, 5) is 18.6. The van der Waals surface area contributed by atoms with E-state index >= 15 is 0 Å². The number of hydrogen-bond donors (Lipinski definition) is 1. The van der Waals surface area contributed by atoms with Gasteiger partial charge < -0.3 is 15.4 Å². The largest absolute Gasteiger partial charge is 0.462 e. The molecule has 0 aromatic carbocycles. The van der Waals surface area contributed by atoms with Gasteiger partial charge in [-0.15, -0.1) is 0 Å². The molecule has 0 aliphatic heterocycles. The van der Waals surface area contributed by atoms with Crippen molar-refractivity contribution in [3.63, 3.8) is 0 Å². The molecule has 1 saturated carbocycles. The number of rotatable bonds is 5. The molecule has 1 aliphatic rings. The summed E-state index contributed by atoms with van der Waals surface area (Å²) in [5, 5.41) is 0. The van der Waals surface area contributed by atoms with Gasteiger partial charge in [0.05, 0.1) is 17.9 Å². The SMILES string of the molecule is CCOC(=O)c1ccnc(N(CC)C2CCCCC2)c1N. The average molecular weight is 291 g/mol. The van der Waals surface area contributed by atoms with Crippen LogP contribution in [0.3, 0.4) is 0 Å². The first-order valence-corrected chi connectivity index (χ1v) is 7.87. The van der Waals surface area contributed by atoms with Crippen LogP contribution in [0.4, 0.5) is 11.5 Å². The van der Waals surface area contributed by atoms with E-state index in [2.05, 4.69) is 16.8 Å². The Morgan fingerprint density at radius 2 is 2.10 bits per heavy atom. The summed E-state index contributed by atoms with van der Waals surface area (Å²) in [6, 6.07) is 2.10. The van der Waals surface area contributed by atoms with E-state index in [1.165, 1.54) is 32.1 Å². The van der Waals surface area contributed by atoms with Crippen LogP contribution in [0.1, 0.15) is 56.3 Å². The van der Waals surface area contributed by atoms with Crippen LogP contribution in [-0.4, -0.2) is 30.1 Å². The summed E-state index contributed by atoms with van der Waals surface area (Å²) in [5.74, 6) is 0.341. The third-order valence-electron chi connectivity index (χ3n) is 4.09. The number of aromatic nitrogens is 1. The molecule has 2 N–H and O–H groups in total. The number of esters is 1. The van der Waals surface area contributed by atoms with E-state index in [0.717, 1.165) is 12.4 Å². The molecular formula is C16H25N3O2. The number of nitrogens with two attached hydrogens (primary N) is 1. The highest BCUT2D eigenvalue weighted by molar-refractivity contribution is 5.97. The molecule has 0 amide bonds. The van der Waals surface area contributed by atoms with Crippen LogP contribution in [0.15, 0.2) is 12.3 Å². The summed E-state index contributed by atoms with van der Waals surface area (Å²) >= 11 is 0. The molecule has 1 heterocycles. The Hall–Kier alpha value is -1.78. The lowest BCUT2D eigenvalue weighted by atomic mass is 9.94. The molecule has 0 atom stereocenters. The van der Waals surface area contributed by atoms with Crippen molar-refractivity contribution in [1.82, 2.24) is 4.98 Å². The van der Waals surface area contributed by atoms with Crippen molar-refractivity contribution in [2.24, 2.45) is 0 Å². The smallest absolute Gasteiger partial charge is 0.340 e. The molecule has 5 nitrogen and oxygen atoms in total. The second kappa shape index (κ2) is 7.29. The molecule has 1 aromatic heterocycles. The Bertz CT molecular complexity index is 484. The van der Waals surface area contributed by atoms with Gasteiger partial charge in [0.1, 0.15) is 0 Å². The molecule has 1 fully saturated rings. The van der Waals surface area contributed by atoms with E-state index in [0.29, 0.717) is 23.9 Å². The highest BCUT2D eigenvalue weighted by Crippen LogP contribution is 2.31. The fourth-order valence-electron chi connectivity index (χ4n) is 3.05. The minimum absolute atomic E-state index is 0.343. The third-order valence-corrected chi connectivity index (χ3v) is 4.09. The topological polar surface area (TPSA) is 68.5 Å². The Balaban J connectivity index is 2.28. The standard InChI is InChI=1S/C16H25N3O2/c1-3-19(12-8-6-5-7-9-12)15-14(17)13(10-11-18-15)16(20)21-4-2/h10-12H,3-9,17H2,1-2H3. The van der Waals surface area contributed by atoms with Gasteiger partial charge in [0.25, 0.3) is 0 Å². The summed E-state index contributed by atoms with van der Waals surface area (Å²) in [6.45, 7) is 5.08. The number of nitrogens with zero attached hydrogens (tertiary/aromatic N) is 2. The summed E-state index contributed by atoms with van der Waals surface area (Å²) in [5.41, 5.74) is 7.04. The number of pyridine rings is 1. The van der Waals surface area contributed by atoms with Gasteiger partial charge in [-0.05, 0) is 32.8 Å². The van der Waals surface area contributed by atoms with Gasteiger partial charge in [0.15, 0.2) is 5.82 Å². The number of ether oxygens (including phenoxy) is 1. The molecule has 116 valence electrons. The molecule has 0 unspecified atom stereocenters. The predicted octanol–water partition coefficient (Wildman–Crippen LogP) is 3.00. The highest BCUT2D eigenvalue weighted by Gasteiger charge is 2.24. The zero-order chi connectivity index (χ0) is 15.2. The first-order valence-electron chi connectivity index (χ1n) is 7.87. The quantitative estimate of drug-likeness (QED) is 0.845. The molecule has 1 aromatic rings. The van der Waals surface area contributed by atoms with E-state index in [4.69, 9.17) is 10.5 Å². The molecule has 1 aliphatic carbocycles. The molecule has 0 spiro atoms. The van der Waals surface area contributed by atoms with Gasteiger partial charge in [-0.25, -0.2) is 9.78 Å². The van der Waals surface area contributed by atoms with Crippen molar-refractivity contribution < 1.29 is 9.53 Å². The van der Waals surface area contributed by atoms with Crippen molar-refractivity contribution in [3.8, 4) is 0 Å². The molecular weight excluding hydrogens is 266 g/mol. The lowest BCUT2D eigenvalue weighted by Crippen LogP contribution is -2.38. The lowest BCUT2D eigenvalue weighted by Gasteiger charge is -2.35. The minimum atomic E-state index is -0.377. The van der Waals surface area contributed by atoms with E-state index < -0.39 is 0 Å². The number of nitrogen functional groups attached to an aromatic ring is 1. The van der Waals surface area contributed by atoms with Gasteiger partial charge in [0.2, 0.25) is 0 Å². The zero-order valence-corrected chi connectivity index (χ0v) is 13.0. The van der Waals surface area contributed by atoms with Crippen LogP contribution in [0.25, 0.3) is 0 Å². The van der Waals surface area contributed by atoms with Gasteiger partial charge in [-0.2, -0.15) is 0 Å². The predicted molar refractivity (Wildman–Crippen MR) is 84.5 cm³/mol. The molecule has 5 heteroatoms. The average Bonchev–Trinajstić information content (AvgIpc) is 2.51. The van der Waals surface area contributed by atoms with E-state index in [1.807, 2.05) is 0 Å². The van der Waals surface area contributed by atoms with Gasteiger partial charge in [-0.3, -0.25) is 0 Å². The Morgan fingerprint density at radius 1 is 1.38 bits per heavy atom. The van der Waals surface area contributed by atoms with Gasteiger partial charge in [0, 0.05) is 18.8 Å². The van der Waals surface area contributed by atoms with E-state index in [1.54, 1.807) is 19.2 Å². The fourth-order valence-corrected chi connectivity index (χ4v) is 3.05. The van der Waals surface area contributed by atoms with Crippen molar-refractivity contribution in [1.29, 1.82) is 0 Å². The van der Waals surface area contributed by atoms with Crippen molar-refractivity contribution in [2.45, 2.75) is 52.0 Å². The highest BCUT2D eigenvalue weighted by atomic mass is 16.5. The number of hydrogen-bond acceptors (Lipinski definition) is 5. The Morgan fingerprint density at radius 3 is 2.71 bits per heavy atom. The van der Waals surface area contributed by atoms with Crippen molar-refractivity contribution >= 4 is 17.5 Å². The maximum atomic E-state index is 12.0. The van der Waals surface area contributed by atoms with Crippen LogP contribution in [0.5, 0.6) is 0 Å². The third kappa shape index (κ3) is 3.46. The van der Waals surface area contributed by atoms with Crippen molar-refractivity contribution in [3.05, 3.63) is 17.8 Å². The lowest BCUT2D eigenvalue weighted by molar-refractivity contribution is 0.0527. The molecule has 0 bridgehead atoms. The van der Waals surface area contributed by atoms with Crippen LogP contribution in [0.2, 0.25) is 0 Å². The monoisotopic (exact) mass is 291 g/mol. The number of carbonyl (C=O) groups is 1. The molecule has 0 saturated heterocycles. The second-order valence-electron chi connectivity index (χ2n) is 5.39. The van der Waals surface area contributed by atoms with Crippen LogP contribution in [0, 0.1) is 0 Å². The van der Waals surface area contributed by atoms with E-state index in [9.17, 15) is 4.79 Å². The summed E-state index contributed by atoms with van der Waals surface area (Å²) in [7, 11) is 0. The molecule has 21 heavy (non-hydrogen) atoms. The maximum Gasteiger partial charge on any atom is 0.340 e. The maximum absolute atomic E-state index is 12.0. The van der Waals surface area contributed by atoms with Crippen LogP contribution in [-0.2, 0) is 4.74 Å². The Labute approximate surface area is 126 Å². The van der Waals surface area contributed by atoms with E-state index in [-0.39, 0.29) is 5.97 Å². The van der Waals surface area contributed by atoms with Gasteiger partial charge >= 0.3 is 5.97 Å². The fraction of sp³-hybridized carbons (Fsp3) is 0.625. The molecule has 0 radical (unpaired) electrons. The number of anilines is 2. The van der Waals surface area contributed by atoms with Crippen LogP contribution >= 0.6 is 0 Å². The minimum Gasteiger partial charge on any atom is -0.462 e. The number of carbonyl (C=O) groups excluding carboxylic acids is 1. The Kier molecular flexibility index (Phi) is 5.42. The summed E-state index contributed by atoms with van der Waals surface area (Å²) in [6.07, 6.45) is 7.78. The normalized spacial score (nSPS) is 15.7.